The molecular weight excluding hydrogens is 400 g/mol. The van der Waals surface area contributed by atoms with Gasteiger partial charge in [0, 0.05) is 25.7 Å². The fourth-order valence-electron chi connectivity index (χ4n) is 2.55. The first-order valence-corrected chi connectivity index (χ1v) is 10.2. The second-order valence-electron chi connectivity index (χ2n) is 6.55. The van der Waals surface area contributed by atoms with Gasteiger partial charge in [-0.2, -0.15) is 12.7 Å². The number of nitrogens with two attached hydrogens (primary N) is 1. The Balaban J connectivity index is 2.10. The molecule has 0 unspecified atom stereocenters. The number of aromatic nitrogens is 2. The van der Waals surface area contributed by atoms with E-state index in [1.165, 1.54) is 14.1 Å². The third kappa shape index (κ3) is 3.82. The van der Waals surface area contributed by atoms with Gasteiger partial charge in [-0.15, -0.1) is 0 Å². The highest BCUT2D eigenvalue weighted by molar-refractivity contribution is 7.90. The Morgan fingerprint density at radius 2 is 1.82 bits per heavy atom. The van der Waals surface area contributed by atoms with E-state index in [-0.39, 0.29) is 0 Å². The zero-order valence-electron chi connectivity index (χ0n) is 15.9. The van der Waals surface area contributed by atoms with Gasteiger partial charge in [-0.05, 0) is 49.2 Å². The number of rotatable bonds is 5. The SMILES string of the molecule is Cc1cc2c(NS(=O)(=O)N(C)C)ccc(Cl)c2nc1Nc1nccc(C)c1N. The van der Waals surface area contributed by atoms with Gasteiger partial charge < -0.3 is 11.1 Å². The molecule has 0 radical (unpaired) electrons. The van der Waals surface area contributed by atoms with Crippen molar-refractivity contribution in [3.05, 3.63) is 46.6 Å². The van der Waals surface area contributed by atoms with Gasteiger partial charge in [-0.3, -0.25) is 4.72 Å². The first-order valence-electron chi connectivity index (χ1n) is 8.38. The zero-order valence-corrected chi connectivity index (χ0v) is 17.5. The summed E-state index contributed by atoms with van der Waals surface area (Å²) in [5.41, 5.74) is 9.14. The molecule has 0 amide bonds. The number of anilines is 4. The lowest BCUT2D eigenvalue weighted by molar-refractivity contribution is 0.527. The van der Waals surface area contributed by atoms with E-state index >= 15 is 0 Å². The third-order valence-electron chi connectivity index (χ3n) is 4.29. The lowest BCUT2D eigenvalue weighted by Gasteiger charge is -2.17. The van der Waals surface area contributed by atoms with E-state index < -0.39 is 10.2 Å². The molecule has 1 aromatic carbocycles. The van der Waals surface area contributed by atoms with Crippen molar-refractivity contribution in [3.8, 4) is 0 Å². The molecule has 0 atom stereocenters. The van der Waals surface area contributed by atoms with Crippen LogP contribution in [-0.2, 0) is 10.2 Å². The van der Waals surface area contributed by atoms with Gasteiger partial charge in [0.25, 0.3) is 0 Å². The largest absolute Gasteiger partial charge is 0.396 e. The Kier molecular flexibility index (Phi) is 5.33. The molecule has 148 valence electrons. The monoisotopic (exact) mass is 420 g/mol. The summed E-state index contributed by atoms with van der Waals surface area (Å²) in [5, 5.41) is 4.12. The average Bonchev–Trinajstić information content (AvgIpc) is 2.62. The Hall–Kier alpha value is -2.62. The van der Waals surface area contributed by atoms with Crippen LogP contribution in [0.4, 0.5) is 23.0 Å². The van der Waals surface area contributed by atoms with Gasteiger partial charge >= 0.3 is 10.2 Å². The molecule has 0 fully saturated rings. The highest BCUT2D eigenvalue weighted by Gasteiger charge is 2.17. The molecule has 0 saturated carbocycles. The summed E-state index contributed by atoms with van der Waals surface area (Å²) in [7, 11) is -0.768. The lowest BCUT2D eigenvalue weighted by Crippen LogP contribution is -2.29. The van der Waals surface area contributed by atoms with E-state index in [0.29, 0.717) is 38.9 Å². The summed E-state index contributed by atoms with van der Waals surface area (Å²) < 4.78 is 28.1. The summed E-state index contributed by atoms with van der Waals surface area (Å²) in [6, 6.07) is 6.85. The quantitative estimate of drug-likeness (QED) is 0.582. The van der Waals surface area contributed by atoms with Crippen LogP contribution in [0.3, 0.4) is 0 Å². The van der Waals surface area contributed by atoms with Crippen molar-refractivity contribution in [3.63, 3.8) is 0 Å². The number of hydrogen-bond acceptors (Lipinski definition) is 6. The van der Waals surface area contributed by atoms with E-state index in [0.717, 1.165) is 15.4 Å². The number of aryl methyl sites for hydroxylation is 2. The maximum atomic E-state index is 12.2. The molecule has 3 aromatic rings. The van der Waals surface area contributed by atoms with E-state index in [1.54, 1.807) is 18.3 Å². The second-order valence-corrected chi connectivity index (χ2v) is 8.84. The van der Waals surface area contributed by atoms with Gasteiger partial charge in [0.15, 0.2) is 5.82 Å². The van der Waals surface area contributed by atoms with Crippen molar-refractivity contribution in [1.29, 1.82) is 0 Å². The first kappa shape index (κ1) is 20.1. The van der Waals surface area contributed by atoms with E-state index in [4.69, 9.17) is 17.3 Å². The summed E-state index contributed by atoms with van der Waals surface area (Å²) in [4.78, 5) is 8.85. The van der Waals surface area contributed by atoms with Crippen LogP contribution in [0, 0.1) is 13.8 Å². The number of nitrogens with one attached hydrogen (secondary N) is 2. The molecule has 0 saturated heterocycles. The van der Waals surface area contributed by atoms with Crippen molar-refractivity contribution >= 4 is 55.7 Å². The molecule has 2 heterocycles. The molecule has 0 spiro atoms. The summed E-state index contributed by atoms with van der Waals surface area (Å²) in [6.45, 7) is 3.74. The minimum atomic E-state index is -3.67. The number of halogens is 1. The summed E-state index contributed by atoms with van der Waals surface area (Å²) in [5.74, 6) is 1.03. The molecule has 3 rings (SSSR count). The minimum Gasteiger partial charge on any atom is -0.396 e. The van der Waals surface area contributed by atoms with Crippen molar-refractivity contribution in [2.75, 3.05) is 29.9 Å². The molecule has 28 heavy (non-hydrogen) atoms. The number of pyridine rings is 2. The number of fused-ring (bicyclic) bond motifs is 1. The molecule has 0 bridgehead atoms. The second kappa shape index (κ2) is 7.42. The predicted molar refractivity (Wildman–Crippen MR) is 114 cm³/mol. The van der Waals surface area contributed by atoms with Crippen LogP contribution in [0.1, 0.15) is 11.1 Å². The van der Waals surface area contributed by atoms with Crippen molar-refractivity contribution in [2.24, 2.45) is 0 Å². The highest BCUT2D eigenvalue weighted by Crippen LogP contribution is 2.33. The van der Waals surface area contributed by atoms with Gasteiger partial charge in [-0.25, -0.2) is 9.97 Å². The standard InChI is InChI=1S/C18H21ClN6O2S/c1-10-7-8-21-18(15(10)20)23-17-11(2)9-12-14(24-28(26,27)25(3)4)6-5-13(19)16(12)22-17/h5-9,24H,20H2,1-4H3,(H,21,22,23). The fourth-order valence-corrected chi connectivity index (χ4v) is 3.40. The van der Waals surface area contributed by atoms with Crippen molar-refractivity contribution in [1.82, 2.24) is 14.3 Å². The molecule has 0 aliphatic heterocycles. The maximum Gasteiger partial charge on any atom is 0.301 e. The molecule has 10 heteroatoms. The van der Waals surface area contributed by atoms with Crippen LogP contribution in [0.15, 0.2) is 30.5 Å². The number of nitrogen functional groups attached to an aromatic ring is 1. The first-order chi connectivity index (χ1) is 13.1. The number of hydrogen-bond donors (Lipinski definition) is 3. The molecule has 4 N–H and O–H groups in total. The minimum absolute atomic E-state index is 0.392. The third-order valence-corrected chi connectivity index (χ3v) is 6.03. The molecule has 2 aromatic heterocycles. The Bertz CT molecular complexity index is 1160. The maximum absolute atomic E-state index is 12.2. The normalized spacial score (nSPS) is 11.8. The summed E-state index contributed by atoms with van der Waals surface area (Å²) in [6.07, 6.45) is 1.66. The molecule has 8 nitrogen and oxygen atoms in total. The van der Waals surface area contributed by atoms with Gasteiger partial charge in [0.05, 0.1) is 21.9 Å². The van der Waals surface area contributed by atoms with Crippen molar-refractivity contribution < 1.29 is 8.42 Å². The van der Waals surface area contributed by atoms with Crippen LogP contribution in [0.5, 0.6) is 0 Å². The van der Waals surface area contributed by atoms with Gasteiger partial charge in [0.1, 0.15) is 5.82 Å². The Morgan fingerprint density at radius 3 is 2.50 bits per heavy atom. The predicted octanol–water partition coefficient (Wildman–Crippen LogP) is 3.44. The molecular formula is C18H21ClN6O2S. The number of benzene rings is 1. The fraction of sp³-hybridized carbons (Fsp3) is 0.222. The molecule has 0 aliphatic carbocycles. The van der Waals surface area contributed by atoms with Crippen LogP contribution < -0.4 is 15.8 Å². The topological polar surface area (TPSA) is 113 Å². The van der Waals surface area contributed by atoms with E-state index in [1.807, 2.05) is 26.0 Å². The van der Waals surface area contributed by atoms with Crippen LogP contribution in [0.25, 0.3) is 10.9 Å². The van der Waals surface area contributed by atoms with Crippen molar-refractivity contribution in [2.45, 2.75) is 13.8 Å². The van der Waals surface area contributed by atoms with E-state index in [2.05, 4.69) is 20.0 Å². The molecule has 0 aliphatic rings. The average molecular weight is 421 g/mol. The van der Waals surface area contributed by atoms with Gasteiger partial charge in [0.2, 0.25) is 0 Å². The van der Waals surface area contributed by atoms with Crippen LogP contribution in [-0.4, -0.2) is 36.8 Å². The Labute approximate surface area is 168 Å². The van der Waals surface area contributed by atoms with Gasteiger partial charge in [-0.1, -0.05) is 11.6 Å². The Morgan fingerprint density at radius 1 is 1.11 bits per heavy atom. The number of nitrogens with zero attached hydrogens (tertiary/aromatic N) is 3. The van der Waals surface area contributed by atoms with E-state index in [9.17, 15) is 8.42 Å². The van der Waals surface area contributed by atoms with Crippen LogP contribution in [0.2, 0.25) is 5.02 Å². The lowest BCUT2D eigenvalue weighted by atomic mass is 10.1. The smallest absolute Gasteiger partial charge is 0.301 e. The zero-order chi connectivity index (χ0) is 20.6. The van der Waals surface area contributed by atoms with Crippen LogP contribution >= 0.6 is 11.6 Å². The highest BCUT2D eigenvalue weighted by atomic mass is 35.5. The summed E-state index contributed by atoms with van der Waals surface area (Å²) >= 11 is 6.33.